The Morgan fingerprint density at radius 2 is 2.05 bits per heavy atom. The van der Waals surface area contributed by atoms with Gasteiger partial charge >= 0.3 is 0 Å². The van der Waals surface area contributed by atoms with Gasteiger partial charge in [-0.15, -0.1) is 0 Å². The Balaban J connectivity index is 2.17. The molecule has 1 aliphatic rings. The van der Waals surface area contributed by atoms with Gasteiger partial charge in [0.25, 0.3) is 0 Å². The predicted molar refractivity (Wildman–Crippen MR) is 77.0 cm³/mol. The first kappa shape index (κ1) is 16.4. The van der Waals surface area contributed by atoms with E-state index in [1.807, 2.05) is 0 Å². The summed E-state index contributed by atoms with van der Waals surface area (Å²) in [6.45, 7) is 5.82. The summed E-state index contributed by atoms with van der Waals surface area (Å²) >= 11 is 0. The third kappa shape index (κ3) is 6.36. The number of ether oxygens (including phenoxy) is 1. The van der Waals surface area contributed by atoms with Crippen molar-refractivity contribution < 1.29 is 9.53 Å². The molecule has 3 N–H and O–H groups in total. The van der Waals surface area contributed by atoms with Crippen LogP contribution in [0.1, 0.15) is 39.0 Å². The van der Waals surface area contributed by atoms with Crippen LogP contribution in [0.2, 0.25) is 0 Å². The maximum atomic E-state index is 11.8. The predicted octanol–water partition coefficient (Wildman–Crippen LogP) is 0.731. The van der Waals surface area contributed by atoms with Gasteiger partial charge in [-0.05, 0) is 45.7 Å². The van der Waals surface area contributed by atoms with E-state index in [4.69, 9.17) is 10.5 Å². The van der Waals surface area contributed by atoms with E-state index in [0.717, 1.165) is 19.5 Å². The Bertz CT molecular complexity index is 255. The van der Waals surface area contributed by atoms with Crippen molar-refractivity contribution in [1.29, 1.82) is 0 Å². The minimum atomic E-state index is -0.413. The molecule has 2 unspecified atom stereocenters. The van der Waals surface area contributed by atoms with Crippen LogP contribution in [-0.2, 0) is 9.53 Å². The van der Waals surface area contributed by atoms with Gasteiger partial charge in [-0.3, -0.25) is 9.69 Å². The van der Waals surface area contributed by atoms with E-state index in [-0.39, 0.29) is 5.91 Å². The highest BCUT2D eigenvalue weighted by molar-refractivity contribution is 5.81. The van der Waals surface area contributed by atoms with Gasteiger partial charge in [0.1, 0.15) is 0 Å². The first-order valence-corrected chi connectivity index (χ1v) is 7.41. The van der Waals surface area contributed by atoms with Crippen LogP contribution in [0.4, 0.5) is 0 Å². The lowest BCUT2D eigenvalue weighted by Gasteiger charge is -2.32. The summed E-state index contributed by atoms with van der Waals surface area (Å²) in [5.74, 6) is -0.0417. The van der Waals surface area contributed by atoms with Crippen molar-refractivity contribution in [2.45, 2.75) is 51.1 Å². The fourth-order valence-electron chi connectivity index (χ4n) is 2.45. The van der Waals surface area contributed by atoms with Crippen LogP contribution >= 0.6 is 0 Å². The lowest BCUT2D eigenvalue weighted by atomic mass is 10.1. The molecule has 112 valence electrons. The maximum Gasteiger partial charge on any atom is 0.236 e. The third-order valence-corrected chi connectivity index (χ3v) is 3.79. The monoisotopic (exact) mass is 271 g/mol. The van der Waals surface area contributed by atoms with Crippen LogP contribution in [0.25, 0.3) is 0 Å². The maximum absolute atomic E-state index is 11.8. The molecule has 5 nitrogen and oxygen atoms in total. The largest absolute Gasteiger partial charge is 0.385 e. The van der Waals surface area contributed by atoms with Gasteiger partial charge in [0.15, 0.2) is 0 Å². The molecule has 19 heavy (non-hydrogen) atoms. The molecule has 1 rings (SSSR count). The second kappa shape index (κ2) is 9.28. The molecule has 0 spiro atoms. The van der Waals surface area contributed by atoms with Crippen LogP contribution in [0, 0.1) is 0 Å². The lowest BCUT2D eigenvalue weighted by molar-refractivity contribution is -0.122. The number of carbonyl (C=O) groups is 1. The van der Waals surface area contributed by atoms with Crippen LogP contribution < -0.4 is 11.1 Å². The van der Waals surface area contributed by atoms with Gasteiger partial charge in [-0.25, -0.2) is 0 Å². The van der Waals surface area contributed by atoms with Crippen LogP contribution in [0.15, 0.2) is 0 Å². The van der Waals surface area contributed by atoms with Crippen molar-refractivity contribution in [2.75, 3.05) is 33.4 Å². The highest BCUT2D eigenvalue weighted by Gasteiger charge is 2.18. The molecule has 2 atom stereocenters. The lowest BCUT2D eigenvalue weighted by Crippen LogP contribution is -2.48. The van der Waals surface area contributed by atoms with Gasteiger partial charge in [0.2, 0.25) is 5.91 Å². The molecule has 1 aliphatic heterocycles. The highest BCUT2D eigenvalue weighted by Crippen LogP contribution is 2.11. The zero-order chi connectivity index (χ0) is 14.1. The highest BCUT2D eigenvalue weighted by atomic mass is 16.5. The number of nitrogens with two attached hydrogens (primary N) is 1. The van der Waals surface area contributed by atoms with Crippen molar-refractivity contribution in [3.05, 3.63) is 0 Å². The number of rotatable bonds is 8. The van der Waals surface area contributed by atoms with Gasteiger partial charge in [-0.2, -0.15) is 0 Å². The molecule has 1 heterocycles. The Morgan fingerprint density at radius 3 is 2.68 bits per heavy atom. The summed E-state index contributed by atoms with van der Waals surface area (Å²) in [6.07, 6.45) is 5.38. The van der Waals surface area contributed by atoms with Crippen molar-refractivity contribution in [3.8, 4) is 0 Å². The van der Waals surface area contributed by atoms with E-state index in [9.17, 15) is 4.79 Å². The SMILES string of the molecule is COCCCC(N)C(=O)NCC(C)N1CCCCC1. The minimum absolute atomic E-state index is 0.0417. The van der Waals surface area contributed by atoms with Gasteiger partial charge in [-0.1, -0.05) is 6.42 Å². The molecular formula is C14H29N3O2. The Kier molecular flexibility index (Phi) is 8.02. The number of nitrogens with zero attached hydrogens (tertiary/aromatic N) is 1. The fourth-order valence-corrected chi connectivity index (χ4v) is 2.45. The number of methoxy groups -OCH3 is 1. The summed E-state index contributed by atoms with van der Waals surface area (Å²) in [7, 11) is 1.66. The third-order valence-electron chi connectivity index (χ3n) is 3.79. The van der Waals surface area contributed by atoms with Gasteiger partial charge in [0, 0.05) is 26.3 Å². The molecule has 0 radical (unpaired) electrons. The standard InChI is InChI=1S/C14H29N3O2/c1-12(17-8-4-3-5-9-17)11-16-14(18)13(15)7-6-10-19-2/h12-13H,3-11,15H2,1-2H3,(H,16,18). The second-order valence-corrected chi connectivity index (χ2v) is 5.43. The van der Waals surface area contributed by atoms with Crippen molar-refractivity contribution >= 4 is 5.91 Å². The summed E-state index contributed by atoms with van der Waals surface area (Å²) in [4.78, 5) is 14.3. The topological polar surface area (TPSA) is 67.6 Å². The number of carbonyl (C=O) groups excluding carboxylic acids is 1. The van der Waals surface area contributed by atoms with Gasteiger partial charge < -0.3 is 15.8 Å². The molecule has 1 amide bonds. The van der Waals surface area contributed by atoms with Gasteiger partial charge in [0.05, 0.1) is 6.04 Å². The number of hydrogen-bond donors (Lipinski definition) is 2. The number of piperidine rings is 1. The smallest absolute Gasteiger partial charge is 0.236 e. The number of likely N-dealkylation sites (tertiary alicyclic amines) is 1. The van der Waals surface area contributed by atoms with E-state index in [0.29, 0.717) is 25.6 Å². The van der Waals surface area contributed by atoms with E-state index in [1.54, 1.807) is 7.11 Å². The van der Waals surface area contributed by atoms with Crippen LogP contribution in [-0.4, -0.2) is 56.2 Å². The Labute approximate surface area is 116 Å². The van der Waals surface area contributed by atoms with Crippen molar-refractivity contribution in [3.63, 3.8) is 0 Å². The molecule has 0 aromatic rings. The molecule has 1 fully saturated rings. The Morgan fingerprint density at radius 1 is 1.37 bits per heavy atom. The molecule has 0 saturated carbocycles. The van der Waals surface area contributed by atoms with Crippen molar-refractivity contribution in [1.82, 2.24) is 10.2 Å². The van der Waals surface area contributed by atoms with E-state index in [1.165, 1.54) is 19.3 Å². The Hall–Kier alpha value is -0.650. The molecule has 5 heteroatoms. The average Bonchev–Trinajstić information content (AvgIpc) is 2.45. The normalized spacial score (nSPS) is 19.9. The molecule has 0 bridgehead atoms. The molecule has 0 aliphatic carbocycles. The molecule has 0 aromatic carbocycles. The first-order chi connectivity index (χ1) is 9.15. The zero-order valence-corrected chi connectivity index (χ0v) is 12.4. The number of amides is 1. The molecule has 0 aromatic heterocycles. The number of hydrogen-bond acceptors (Lipinski definition) is 4. The van der Waals surface area contributed by atoms with E-state index < -0.39 is 6.04 Å². The number of nitrogens with one attached hydrogen (secondary N) is 1. The van der Waals surface area contributed by atoms with E-state index >= 15 is 0 Å². The second-order valence-electron chi connectivity index (χ2n) is 5.43. The summed E-state index contributed by atoms with van der Waals surface area (Å²) < 4.78 is 4.96. The summed E-state index contributed by atoms with van der Waals surface area (Å²) in [5, 5.41) is 2.96. The fraction of sp³-hybridized carbons (Fsp3) is 0.929. The van der Waals surface area contributed by atoms with Crippen LogP contribution in [0.5, 0.6) is 0 Å². The minimum Gasteiger partial charge on any atom is -0.385 e. The summed E-state index contributed by atoms with van der Waals surface area (Å²) in [6, 6.07) is -0.0147. The van der Waals surface area contributed by atoms with Crippen molar-refractivity contribution in [2.24, 2.45) is 5.73 Å². The van der Waals surface area contributed by atoms with E-state index in [2.05, 4.69) is 17.1 Å². The first-order valence-electron chi connectivity index (χ1n) is 7.41. The zero-order valence-electron chi connectivity index (χ0n) is 12.4. The quantitative estimate of drug-likeness (QED) is 0.639. The average molecular weight is 271 g/mol. The summed E-state index contributed by atoms with van der Waals surface area (Å²) in [5.41, 5.74) is 5.84. The molecular weight excluding hydrogens is 242 g/mol. The molecule has 1 saturated heterocycles. The van der Waals surface area contributed by atoms with Crippen LogP contribution in [0.3, 0.4) is 0 Å².